The van der Waals surface area contributed by atoms with Crippen molar-refractivity contribution < 1.29 is 8.42 Å². The highest BCUT2D eigenvalue weighted by Crippen LogP contribution is 2.10. The van der Waals surface area contributed by atoms with Crippen molar-refractivity contribution in [3.8, 4) is 0 Å². The van der Waals surface area contributed by atoms with Crippen LogP contribution in [0.5, 0.6) is 0 Å². The highest BCUT2D eigenvalue weighted by Gasteiger charge is 2.23. The fraction of sp³-hybridized carbons (Fsp3) is 0.727. The maximum Gasteiger partial charge on any atom is 0.153 e. The highest BCUT2D eigenvalue weighted by atomic mass is 32.2. The van der Waals surface area contributed by atoms with Gasteiger partial charge < -0.3 is 10.6 Å². The van der Waals surface area contributed by atoms with E-state index in [-0.39, 0.29) is 17.5 Å². The molecule has 7 heteroatoms. The second kappa shape index (κ2) is 6.10. The lowest BCUT2D eigenvalue weighted by Gasteiger charge is -2.23. The Kier molecular flexibility index (Phi) is 4.71. The van der Waals surface area contributed by atoms with E-state index in [4.69, 9.17) is 0 Å². The number of nitrogens with zero attached hydrogens (tertiary/aromatic N) is 1. The van der Waals surface area contributed by atoms with E-state index in [0.29, 0.717) is 6.54 Å². The number of sulfone groups is 1. The van der Waals surface area contributed by atoms with E-state index in [2.05, 4.69) is 15.6 Å². The summed E-state index contributed by atoms with van der Waals surface area (Å²) in [6.07, 6.45) is 2.73. The normalized spacial score (nSPS) is 23.1. The van der Waals surface area contributed by atoms with Crippen molar-refractivity contribution in [2.45, 2.75) is 25.9 Å². The molecule has 102 valence electrons. The molecule has 1 aromatic heterocycles. The second-order valence-electron chi connectivity index (χ2n) is 4.58. The highest BCUT2D eigenvalue weighted by molar-refractivity contribution is 7.91. The number of aromatic nitrogens is 1. The van der Waals surface area contributed by atoms with Crippen molar-refractivity contribution in [2.75, 3.05) is 24.6 Å². The predicted molar refractivity (Wildman–Crippen MR) is 73.6 cm³/mol. The van der Waals surface area contributed by atoms with Gasteiger partial charge in [0.2, 0.25) is 0 Å². The average molecular weight is 289 g/mol. The van der Waals surface area contributed by atoms with Crippen molar-refractivity contribution in [3.63, 3.8) is 0 Å². The molecule has 5 nitrogen and oxygen atoms in total. The van der Waals surface area contributed by atoms with Crippen LogP contribution in [-0.2, 0) is 16.4 Å². The van der Waals surface area contributed by atoms with E-state index >= 15 is 0 Å². The van der Waals surface area contributed by atoms with Crippen molar-refractivity contribution in [1.29, 1.82) is 0 Å². The van der Waals surface area contributed by atoms with E-state index in [9.17, 15) is 8.42 Å². The molecular formula is C11H19N3O2S2. The SMILES string of the molecule is Cc1ncc(CNCCC2CS(=O)(=O)CCN2)s1. The molecule has 18 heavy (non-hydrogen) atoms. The van der Waals surface area contributed by atoms with Crippen molar-refractivity contribution in [2.24, 2.45) is 0 Å². The molecule has 0 radical (unpaired) electrons. The molecule has 2 N–H and O–H groups in total. The molecule has 0 spiro atoms. The molecule has 0 amide bonds. The van der Waals surface area contributed by atoms with Crippen LogP contribution in [-0.4, -0.2) is 44.0 Å². The molecule has 1 saturated heterocycles. The summed E-state index contributed by atoms with van der Waals surface area (Å²) in [5, 5.41) is 7.65. The van der Waals surface area contributed by atoms with E-state index in [0.717, 1.165) is 24.5 Å². The lowest BCUT2D eigenvalue weighted by molar-refractivity contribution is 0.479. The molecule has 1 fully saturated rings. The van der Waals surface area contributed by atoms with E-state index in [1.54, 1.807) is 11.3 Å². The molecule has 1 aromatic rings. The van der Waals surface area contributed by atoms with Crippen molar-refractivity contribution >= 4 is 21.2 Å². The van der Waals surface area contributed by atoms with Crippen LogP contribution >= 0.6 is 11.3 Å². The number of nitrogens with one attached hydrogen (secondary N) is 2. The first-order valence-corrected chi connectivity index (χ1v) is 8.75. The zero-order valence-corrected chi connectivity index (χ0v) is 12.1. The molecular weight excluding hydrogens is 270 g/mol. The van der Waals surface area contributed by atoms with Crippen LogP contribution in [0.4, 0.5) is 0 Å². The Morgan fingerprint density at radius 2 is 2.44 bits per heavy atom. The van der Waals surface area contributed by atoms with Crippen LogP contribution in [0.1, 0.15) is 16.3 Å². The molecule has 0 bridgehead atoms. The maximum atomic E-state index is 11.5. The van der Waals surface area contributed by atoms with Crippen molar-refractivity contribution in [1.82, 2.24) is 15.6 Å². The van der Waals surface area contributed by atoms with Crippen molar-refractivity contribution in [3.05, 3.63) is 16.1 Å². The predicted octanol–water partition coefficient (Wildman–Crippen LogP) is 0.318. The first-order valence-electron chi connectivity index (χ1n) is 6.11. The first kappa shape index (κ1) is 13.9. The Hall–Kier alpha value is -0.500. The lowest BCUT2D eigenvalue weighted by Crippen LogP contribution is -2.46. The van der Waals surface area contributed by atoms with Gasteiger partial charge in [0.25, 0.3) is 0 Å². The molecule has 0 aliphatic carbocycles. The third-order valence-corrected chi connectivity index (χ3v) is 5.59. The minimum Gasteiger partial charge on any atom is -0.312 e. The second-order valence-corrected chi connectivity index (χ2v) is 8.12. The van der Waals surface area contributed by atoms with Gasteiger partial charge in [-0.1, -0.05) is 0 Å². The monoisotopic (exact) mass is 289 g/mol. The third kappa shape index (κ3) is 4.31. The zero-order chi connectivity index (χ0) is 13.0. The summed E-state index contributed by atoms with van der Waals surface area (Å²) >= 11 is 1.69. The minimum absolute atomic E-state index is 0.0967. The third-order valence-electron chi connectivity index (χ3n) is 2.94. The molecule has 2 rings (SSSR count). The van der Waals surface area contributed by atoms with Gasteiger partial charge in [0.05, 0.1) is 16.5 Å². The summed E-state index contributed by atoms with van der Waals surface area (Å²) in [6.45, 7) is 4.21. The summed E-state index contributed by atoms with van der Waals surface area (Å²) in [6, 6.07) is 0.0967. The number of hydrogen-bond acceptors (Lipinski definition) is 6. The van der Waals surface area contributed by atoms with Gasteiger partial charge in [-0.2, -0.15) is 0 Å². The van der Waals surface area contributed by atoms with Gasteiger partial charge in [-0.05, 0) is 19.9 Å². The Labute approximate surface area is 112 Å². The van der Waals surface area contributed by atoms with Gasteiger partial charge in [0.15, 0.2) is 9.84 Å². The number of rotatable bonds is 5. The van der Waals surface area contributed by atoms with Gasteiger partial charge in [0.1, 0.15) is 0 Å². The molecule has 1 aliphatic rings. The van der Waals surface area contributed by atoms with Gasteiger partial charge in [-0.25, -0.2) is 13.4 Å². The molecule has 1 aliphatic heterocycles. The Balaban J connectivity index is 1.66. The molecule has 2 heterocycles. The Bertz CT molecular complexity index is 484. The number of thiazole rings is 1. The molecule has 1 unspecified atom stereocenters. The number of aryl methyl sites for hydroxylation is 1. The summed E-state index contributed by atoms with van der Waals surface area (Å²) in [5.41, 5.74) is 0. The van der Waals surface area contributed by atoms with Crippen LogP contribution in [0.3, 0.4) is 0 Å². The Morgan fingerprint density at radius 3 is 3.11 bits per heavy atom. The topological polar surface area (TPSA) is 71.1 Å². The number of hydrogen-bond donors (Lipinski definition) is 2. The average Bonchev–Trinajstić information content (AvgIpc) is 2.69. The largest absolute Gasteiger partial charge is 0.312 e. The van der Waals surface area contributed by atoms with Crippen LogP contribution in [0, 0.1) is 6.92 Å². The van der Waals surface area contributed by atoms with E-state index < -0.39 is 9.84 Å². The van der Waals surface area contributed by atoms with Crippen LogP contribution in [0.15, 0.2) is 6.20 Å². The summed E-state index contributed by atoms with van der Waals surface area (Å²) in [5.74, 6) is 0.547. The van der Waals surface area contributed by atoms with E-state index in [1.165, 1.54) is 4.88 Å². The van der Waals surface area contributed by atoms with Gasteiger partial charge >= 0.3 is 0 Å². The molecule has 0 aromatic carbocycles. The summed E-state index contributed by atoms with van der Waals surface area (Å²) < 4.78 is 22.9. The van der Waals surface area contributed by atoms with Gasteiger partial charge in [-0.15, -0.1) is 11.3 Å². The Morgan fingerprint density at radius 1 is 1.61 bits per heavy atom. The summed E-state index contributed by atoms with van der Waals surface area (Å²) in [4.78, 5) is 5.41. The van der Waals surface area contributed by atoms with Crippen LogP contribution in [0.25, 0.3) is 0 Å². The smallest absolute Gasteiger partial charge is 0.153 e. The minimum atomic E-state index is -2.82. The fourth-order valence-electron chi connectivity index (χ4n) is 2.03. The lowest BCUT2D eigenvalue weighted by atomic mass is 10.2. The maximum absolute atomic E-state index is 11.5. The van der Waals surface area contributed by atoms with Gasteiger partial charge in [-0.3, -0.25) is 0 Å². The molecule has 0 saturated carbocycles. The molecule has 1 atom stereocenters. The quantitative estimate of drug-likeness (QED) is 0.764. The fourth-order valence-corrected chi connectivity index (χ4v) is 4.29. The standard InChI is InChI=1S/C11H19N3O2S2/c1-9-14-7-11(17-9)6-12-3-2-10-8-18(15,16)5-4-13-10/h7,10,12-13H,2-6,8H2,1H3. The summed E-state index contributed by atoms with van der Waals surface area (Å²) in [7, 11) is -2.82. The zero-order valence-electron chi connectivity index (χ0n) is 10.5. The van der Waals surface area contributed by atoms with Crippen LogP contribution in [0.2, 0.25) is 0 Å². The van der Waals surface area contributed by atoms with E-state index in [1.807, 2.05) is 13.1 Å². The van der Waals surface area contributed by atoms with Gasteiger partial charge in [0, 0.05) is 30.2 Å². The first-order chi connectivity index (χ1) is 8.55. The van der Waals surface area contributed by atoms with Crippen LogP contribution < -0.4 is 10.6 Å².